The van der Waals surface area contributed by atoms with E-state index in [9.17, 15) is 18.0 Å². The van der Waals surface area contributed by atoms with E-state index in [0.717, 1.165) is 6.07 Å². The zero-order valence-corrected chi connectivity index (χ0v) is 11.8. The van der Waals surface area contributed by atoms with Crippen LogP contribution in [0.4, 0.5) is 13.2 Å². The van der Waals surface area contributed by atoms with Crippen molar-refractivity contribution in [3.05, 3.63) is 33.8 Å². The van der Waals surface area contributed by atoms with Crippen LogP contribution in [0, 0.1) is 0 Å². The lowest BCUT2D eigenvalue weighted by Gasteiger charge is -2.23. The number of benzene rings is 1. The van der Waals surface area contributed by atoms with Crippen molar-refractivity contribution in [2.75, 3.05) is 7.05 Å². The smallest absolute Gasteiger partial charge is 0.339 e. The normalized spacial score (nSPS) is 11.8. The van der Waals surface area contributed by atoms with E-state index in [1.54, 1.807) is 13.8 Å². The molecule has 0 atom stereocenters. The highest BCUT2D eigenvalue weighted by molar-refractivity contribution is 9.10. The van der Waals surface area contributed by atoms with E-state index in [1.165, 1.54) is 24.1 Å². The first-order chi connectivity index (χ1) is 8.14. The second-order valence-corrected chi connectivity index (χ2v) is 5.11. The average Bonchev–Trinajstić information content (AvgIpc) is 2.25. The third kappa shape index (κ3) is 3.25. The fourth-order valence-electron chi connectivity index (χ4n) is 1.36. The number of carbonyl (C=O) groups is 1. The molecule has 0 radical (unpaired) electrons. The summed E-state index contributed by atoms with van der Waals surface area (Å²) in [6.07, 6.45) is -4.55. The molecule has 1 aromatic carbocycles. The Morgan fingerprint density at radius 2 is 1.89 bits per heavy atom. The second-order valence-electron chi connectivity index (χ2n) is 4.20. The third-order valence-corrected chi connectivity index (χ3v) is 3.11. The van der Waals surface area contributed by atoms with E-state index in [-0.39, 0.29) is 11.6 Å². The Morgan fingerprint density at radius 1 is 1.33 bits per heavy atom. The first-order valence-electron chi connectivity index (χ1n) is 5.28. The Bertz CT molecular complexity index is 457. The van der Waals surface area contributed by atoms with Crippen molar-refractivity contribution in [3.63, 3.8) is 0 Å². The molecule has 0 aliphatic carbocycles. The summed E-state index contributed by atoms with van der Waals surface area (Å²) in [5.41, 5.74) is -1.25. The Labute approximate surface area is 112 Å². The molecule has 6 heteroatoms. The summed E-state index contributed by atoms with van der Waals surface area (Å²) < 4.78 is 38.9. The van der Waals surface area contributed by atoms with Gasteiger partial charge in [0.05, 0.1) is 11.1 Å². The molecular weight excluding hydrogens is 311 g/mol. The van der Waals surface area contributed by atoms with Crippen LogP contribution in [0.15, 0.2) is 22.7 Å². The van der Waals surface area contributed by atoms with E-state index >= 15 is 0 Å². The lowest BCUT2D eigenvalue weighted by atomic mass is 10.1. The molecule has 1 amide bonds. The first-order valence-corrected chi connectivity index (χ1v) is 6.07. The van der Waals surface area contributed by atoms with Crippen LogP contribution in [0.5, 0.6) is 0 Å². The van der Waals surface area contributed by atoms with E-state index < -0.39 is 17.6 Å². The molecule has 0 heterocycles. The summed E-state index contributed by atoms with van der Waals surface area (Å²) in [6.45, 7) is 3.48. The van der Waals surface area contributed by atoms with Crippen molar-refractivity contribution in [1.29, 1.82) is 0 Å². The summed E-state index contributed by atoms with van der Waals surface area (Å²) in [5, 5.41) is 0. The van der Waals surface area contributed by atoms with Crippen LogP contribution in [-0.4, -0.2) is 23.9 Å². The molecule has 100 valence electrons. The zero-order chi connectivity index (χ0) is 14.1. The van der Waals surface area contributed by atoms with Crippen LogP contribution in [0.3, 0.4) is 0 Å². The largest absolute Gasteiger partial charge is 0.417 e. The second kappa shape index (κ2) is 5.30. The zero-order valence-electron chi connectivity index (χ0n) is 10.2. The van der Waals surface area contributed by atoms with Gasteiger partial charge in [-0.25, -0.2) is 0 Å². The van der Waals surface area contributed by atoms with Gasteiger partial charge in [-0.3, -0.25) is 4.79 Å². The van der Waals surface area contributed by atoms with Gasteiger partial charge in [-0.05, 0) is 32.0 Å². The van der Waals surface area contributed by atoms with Crippen LogP contribution in [0.1, 0.15) is 29.8 Å². The minimum atomic E-state index is -4.55. The molecule has 18 heavy (non-hydrogen) atoms. The lowest BCUT2D eigenvalue weighted by molar-refractivity contribution is -0.138. The summed E-state index contributed by atoms with van der Waals surface area (Å²) in [4.78, 5) is 13.3. The number of nitrogens with zero attached hydrogens (tertiary/aromatic N) is 1. The van der Waals surface area contributed by atoms with Crippen molar-refractivity contribution in [2.24, 2.45) is 0 Å². The van der Waals surface area contributed by atoms with E-state index in [4.69, 9.17) is 0 Å². The van der Waals surface area contributed by atoms with Gasteiger partial charge >= 0.3 is 6.18 Å². The number of hydrogen-bond acceptors (Lipinski definition) is 1. The average molecular weight is 324 g/mol. The highest BCUT2D eigenvalue weighted by Crippen LogP contribution is 2.34. The predicted octanol–water partition coefficient (Wildman–Crippen LogP) is 3.95. The third-order valence-electron chi connectivity index (χ3n) is 2.61. The fourth-order valence-corrected chi connectivity index (χ4v) is 1.72. The Hall–Kier alpha value is -1.04. The van der Waals surface area contributed by atoms with Crippen molar-refractivity contribution in [1.82, 2.24) is 4.90 Å². The number of rotatable bonds is 2. The SMILES string of the molecule is CC(C)N(C)C(=O)c1ccc(Br)cc1C(F)(F)F. The van der Waals surface area contributed by atoms with Gasteiger partial charge in [-0.2, -0.15) is 13.2 Å². The van der Waals surface area contributed by atoms with Crippen molar-refractivity contribution < 1.29 is 18.0 Å². The molecule has 0 bridgehead atoms. The molecular formula is C12H13BrF3NO. The van der Waals surface area contributed by atoms with Gasteiger partial charge < -0.3 is 4.90 Å². The molecule has 1 rings (SSSR count). The van der Waals surface area contributed by atoms with Gasteiger partial charge in [0.2, 0.25) is 0 Å². The molecule has 0 unspecified atom stereocenters. The number of amides is 1. The predicted molar refractivity (Wildman–Crippen MR) is 66.4 cm³/mol. The maximum atomic E-state index is 12.9. The van der Waals surface area contributed by atoms with Gasteiger partial charge in [0, 0.05) is 17.6 Å². The van der Waals surface area contributed by atoms with Crippen LogP contribution in [0.2, 0.25) is 0 Å². The molecule has 0 saturated heterocycles. The van der Waals surface area contributed by atoms with Crippen LogP contribution >= 0.6 is 15.9 Å². The van der Waals surface area contributed by atoms with Gasteiger partial charge in [0.25, 0.3) is 5.91 Å². The number of carbonyl (C=O) groups excluding carboxylic acids is 1. The molecule has 0 fully saturated rings. The summed E-state index contributed by atoms with van der Waals surface area (Å²) in [7, 11) is 1.48. The molecule has 1 aromatic rings. The van der Waals surface area contributed by atoms with E-state index in [0.29, 0.717) is 4.47 Å². The summed E-state index contributed by atoms with van der Waals surface area (Å²) >= 11 is 2.98. The quantitative estimate of drug-likeness (QED) is 0.807. The summed E-state index contributed by atoms with van der Waals surface area (Å²) in [5.74, 6) is -0.634. The Kier molecular flexibility index (Phi) is 4.42. The molecule has 0 saturated carbocycles. The number of alkyl halides is 3. The van der Waals surface area contributed by atoms with Gasteiger partial charge in [0.15, 0.2) is 0 Å². The van der Waals surface area contributed by atoms with Crippen molar-refractivity contribution in [3.8, 4) is 0 Å². The maximum absolute atomic E-state index is 12.9. The Morgan fingerprint density at radius 3 is 2.33 bits per heavy atom. The van der Waals surface area contributed by atoms with Crippen molar-refractivity contribution in [2.45, 2.75) is 26.1 Å². The van der Waals surface area contributed by atoms with Gasteiger partial charge in [-0.15, -0.1) is 0 Å². The van der Waals surface area contributed by atoms with E-state index in [2.05, 4.69) is 15.9 Å². The molecule has 2 nitrogen and oxygen atoms in total. The molecule has 0 aliphatic rings. The lowest BCUT2D eigenvalue weighted by Crippen LogP contribution is -2.34. The van der Waals surface area contributed by atoms with Gasteiger partial charge in [-0.1, -0.05) is 15.9 Å². The minimum absolute atomic E-state index is 0.165. The molecule has 0 aromatic heterocycles. The van der Waals surface area contributed by atoms with Crippen LogP contribution in [-0.2, 0) is 6.18 Å². The van der Waals surface area contributed by atoms with E-state index in [1.807, 2.05) is 0 Å². The first kappa shape index (κ1) is 15.0. The molecule has 0 spiro atoms. The minimum Gasteiger partial charge on any atom is -0.339 e. The fraction of sp³-hybridized carbons (Fsp3) is 0.417. The maximum Gasteiger partial charge on any atom is 0.417 e. The van der Waals surface area contributed by atoms with Crippen molar-refractivity contribution >= 4 is 21.8 Å². The Balaban J connectivity index is 3.29. The topological polar surface area (TPSA) is 20.3 Å². The van der Waals surface area contributed by atoms with Crippen LogP contribution < -0.4 is 0 Å². The summed E-state index contributed by atoms with van der Waals surface area (Å²) in [6, 6.07) is 3.37. The highest BCUT2D eigenvalue weighted by atomic mass is 79.9. The highest BCUT2D eigenvalue weighted by Gasteiger charge is 2.36. The van der Waals surface area contributed by atoms with Crippen LogP contribution in [0.25, 0.3) is 0 Å². The number of hydrogen-bond donors (Lipinski definition) is 0. The van der Waals surface area contributed by atoms with Gasteiger partial charge in [0.1, 0.15) is 0 Å². The monoisotopic (exact) mass is 323 g/mol. The molecule has 0 N–H and O–H groups in total. The molecule has 0 aliphatic heterocycles. The number of halogens is 4. The standard InChI is InChI=1S/C12H13BrF3NO/c1-7(2)17(3)11(18)9-5-4-8(13)6-10(9)12(14,15)16/h4-7H,1-3H3.